The number of furan rings is 1. The molecule has 9 aromatic rings. The van der Waals surface area contributed by atoms with Gasteiger partial charge in [-0.3, -0.25) is 0 Å². The monoisotopic (exact) mass is 679 g/mol. The molecule has 0 radical (unpaired) electrons. The van der Waals surface area contributed by atoms with Crippen LogP contribution in [0.25, 0.3) is 83.3 Å². The van der Waals surface area contributed by atoms with E-state index in [1.165, 1.54) is 11.1 Å². The number of para-hydroxylation sites is 1. The molecule has 2 aromatic heterocycles. The van der Waals surface area contributed by atoms with E-state index in [1.54, 1.807) is 0 Å². The number of rotatable bonds is 6. The third-order valence-electron chi connectivity index (χ3n) is 10.3. The van der Waals surface area contributed by atoms with Gasteiger partial charge in [-0.05, 0) is 69.3 Å². The molecule has 0 bridgehead atoms. The Bertz CT molecular complexity index is 2850. The van der Waals surface area contributed by atoms with Gasteiger partial charge in [-0.15, -0.1) is 0 Å². The largest absolute Gasteiger partial charge is 0.456 e. The summed E-state index contributed by atoms with van der Waals surface area (Å²) >= 11 is 0. The predicted octanol–water partition coefficient (Wildman–Crippen LogP) is 12.7. The Morgan fingerprint density at radius 2 is 1.08 bits per heavy atom. The maximum Gasteiger partial charge on any atom is 0.164 e. The zero-order chi connectivity index (χ0) is 35.1. The van der Waals surface area contributed by atoms with Crippen LogP contribution in [0.3, 0.4) is 0 Å². The Hall–Kier alpha value is -6.91. The van der Waals surface area contributed by atoms with Crippen LogP contribution in [0, 0.1) is 0 Å². The third-order valence-corrected chi connectivity index (χ3v) is 10.3. The van der Waals surface area contributed by atoms with Crippen LogP contribution in [0.15, 0.2) is 186 Å². The van der Waals surface area contributed by atoms with E-state index in [1.807, 2.05) is 24.3 Å². The number of aromatic nitrogens is 3. The van der Waals surface area contributed by atoms with Crippen molar-refractivity contribution >= 4 is 38.3 Å². The third kappa shape index (κ3) is 5.81. The van der Waals surface area contributed by atoms with Gasteiger partial charge in [0, 0.05) is 33.4 Å². The van der Waals surface area contributed by atoms with Crippen molar-refractivity contribution in [2.24, 2.45) is 0 Å². The number of fused-ring (bicyclic) bond motifs is 4. The maximum absolute atomic E-state index is 6.19. The van der Waals surface area contributed by atoms with Gasteiger partial charge in [0.25, 0.3) is 0 Å². The van der Waals surface area contributed by atoms with Crippen LogP contribution in [-0.4, -0.2) is 15.0 Å². The summed E-state index contributed by atoms with van der Waals surface area (Å²) in [5.74, 6) is 2.31. The average molecular weight is 680 g/mol. The molecule has 7 aromatic carbocycles. The van der Waals surface area contributed by atoms with Crippen molar-refractivity contribution in [2.75, 3.05) is 0 Å². The number of hydrogen-bond donors (Lipinski definition) is 0. The first-order valence-electron chi connectivity index (χ1n) is 18.0. The zero-order valence-electron chi connectivity index (χ0n) is 28.9. The summed E-state index contributed by atoms with van der Waals surface area (Å²) in [6, 6.07) is 57.2. The van der Waals surface area contributed by atoms with Crippen molar-refractivity contribution in [2.45, 2.75) is 12.3 Å². The molecule has 0 saturated heterocycles. The molecule has 53 heavy (non-hydrogen) atoms. The van der Waals surface area contributed by atoms with Crippen molar-refractivity contribution in [1.29, 1.82) is 0 Å². The summed E-state index contributed by atoms with van der Waals surface area (Å²) in [5, 5.41) is 4.53. The lowest BCUT2D eigenvalue weighted by Gasteiger charge is -2.17. The predicted molar refractivity (Wildman–Crippen MR) is 217 cm³/mol. The summed E-state index contributed by atoms with van der Waals surface area (Å²) in [6.45, 7) is 0. The molecule has 250 valence electrons. The van der Waals surface area contributed by atoms with Crippen LogP contribution >= 0.6 is 0 Å². The van der Waals surface area contributed by atoms with Gasteiger partial charge < -0.3 is 4.42 Å². The fourth-order valence-electron chi connectivity index (χ4n) is 7.51. The van der Waals surface area contributed by atoms with Gasteiger partial charge in [0.2, 0.25) is 0 Å². The van der Waals surface area contributed by atoms with E-state index in [2.05, 4.69) is 158 Å². The van der Waals surface area contributed by atoms with Crippen LogP contribution < -0.4 is 0 Å². The minimum Gasteiger partial charge on any atom is -0.456 e. The Labute approximate surface area is 307 Å². The zero-order valence-corrected chi connectivity index (χ0v) is 28.9. The first kappa shape index (κ1) is 30.9. The first-order valence-corrected chi connectivity index (χ1v) is 18.0. The Kier molecular flexibility index (Phi) is 7.58. The standard InChI is InChI=1S/C49H33N3O/c1-3-10-32(11-4-1)34-18-22-36(23-19-34)47-50-48(37-24-20-35(21-25-37)33-12-5-2-6-13-33)52-49(51-47)41-29-27-38-30-40(28-26-39(38)31-41)42-15-9-17-45-46(42)43-14-7-8-16-44(43)53-45/h1-20,22-31,35H,21H2. The van der Waals surface area contributed by atoms with E-state index in [4.69, 9.17) is 19.4 Å². The van der Waals surface area contributed by atoms with E-state index in [0.29, 0.717) is 23.4 Å². The topological polar surface area (TPSA) is 51.8 Å². The molecule has 1 atom stereocenters. The summed E-state index contributed by atoms with van der Waals surface area (Å²) in [5.41, 5.74) is 10.6. The Balaban J connectivity index is 1.04. The van der Waals surface area contributed by atoms with E-state index in [9.17, 15) is 0 Å². The van der Waals surface area contributed by atoms with E-state index in [0.717, 1.165) is 72.5 Å². The van der Waals surface area contributed by atoms with Crippen molar-refractivity contribution in [1.82, 2.24) is 15.0 Å². The molecule has 0 aliphatic heterocycles. The molecule has 0 fully saturated rings. The van der Waals surface area contributed by atoms with Crippen LogP contribution in [0.5, 0.6) is 0 Å². The molecule has 10 rings (SSSR count). The van der Waals surface area contributed by atoms with Gasteiger partial charge in [-0.25, -0.2) is 15.0 Å². The van der Waals surface area contributed by atoms with E-state index in [-0.39, 0.29) is 0 Å². The second kappa shape index (κ2) is 13.0. The quantitative estimate of drug-likeness (QED) is 0.175. The fourth-order valence-corrected chi connectivity index (χ4v) is 7.51. The lowest BCUT2D eigenvalue weighted by atomic mass is 9.90. The minimum atomic E-state index is 0.329. The van der Waals surface area contributed by atoms with Crippen LogP contribution in [0.1, 0.15) is 23.7 Å². The van der Waals surface area contributed by atoms with Crippen LogP contribution in [0.2, 0.25) is 0 Å². The van der Waals surface area contributed by atoms with Crippen molar-refractivity contribution < 1.29 is 4.42 Å². The SMILES string of the molecule is C1=CC(c2ccccc2)CC=C1c1nc(-c2ccc(-c3ccccc3)cc2)nc(-c2ccc3cc(-c4cccc5oc6ccccc6c45)ccc3c2)n1. The normalized spacial score (nSPS) is 14.2. The second-order valence-corrected chi connectivity index (χ2v) is 13.6. The lowest BCUT2D eigenvalue weighted by Crippen LogP contribution is -2.05. The summed E-state index contributed by atoms with van der Waals surface area (Å²) in [6.07, 6.45) is 7.57. The number of nitrogens with zero attached hydrogens (tertiary/aromatic N) is 3. The Morgan fingerprint density at radius 1 is 0.472 bits per heavy atom. The molecule has 0 N–H and O–H groups in total. The molecule has 0 amide bonds. The second-order valence-electron chi connectivity index (χ2n) is 13.6. The van der Waals surface area contributed by atoms with Crippen LogP contribution in [0.4, 0.5) is 0 Å². The van der Waals surface area contributed by atoms with Gasteiger partial charge in [0.05, 0.1) is 0 Å². The molecule has 0 spiro atoms. The summed E-state index contributed by atoms with van der Waals surface area (Å²) < 4.78 is 6.19. The molecule has 1 aliphatic rings. The fraction of sp³-hybridized carbons (Fsp3) is 0.0408. The van der Waals surface area contributed by atoms with Gasteiger partial charge in [0.15, 0.2) is 17.5 Å². The van der Waals surface area contributed by atoms with Crippen molar-refractivity contribution in [3.8, 4) is 45.0 Å². The first-order chi connectivity index (χ1) is 26.2. The highest BCUT2D eigenvalue weighted by molar-refractivity contribution is 6.12. The molecule has 1 unspecified atom stereocenters. The minimum absolute atomic E-state index is 0.329. The smallest absolute Gasteiger partial charge is 0.164 e. The number of benzene rings is 7. The highest BCUT2D eigenvalue weighted by atomic mass is 16.3. The highest BCUT2D eigenvalue weighted by Crippen LogP contribution is 2.38. The molecule has 4 nitrogen and oxygen atoms in total. The lowest BCUT2D eigenvalue weighted by molar-refractivity contribution is 0.669. The molecular weight excluding hydrogens is 647 g/mol. The number of allylic oxidation sites excluding steroid dienone is 4. The van der Waals surface area contributed by atoms with Crippen molar-refractivity contribution in [3.63, 3.8) is 0 Å². The molecule has 1 aliphatic carbocycles. The Morgan fingerprint density at radius 3 is 1.85 bits per heavy atom. The van der Waals surface area contributed by atoms with E-state index >= 15 is 0 Å². The van der Waals surface area contributed by atoms with Gasteiger partial charge >= 0.3 is 0 Å². The van der Waals surface area contributed by atoms with E-state index < -0.39 is 0 Å². The number of hydrogen-bond acceptors (Lipinski definition) is 4. The molecule has 4 heteroatoms. The van der Waals surface area contributed by atoms with Crippen molar-refractivity contribution in [3.05, 3.63) is 193 Å². The van der Waals surface area contributed by atoms with Gasteiger partial charge in [-0.2, -0.15) is 0 Å². The molecular formula is C49H33N3O. The molecule has 2 heterocycles. The summed E-state index contributed by atoms with van der Waals surface area (Å²) in [4.78, 5) is 15.2. The maximum atomic E-state index is 6.19. The molecule has 0 saturated carbocycles. The van der Waals surface area contributed by atoms with Gasteiger partial charge in [-0.1, -0.05) is 158 Å². The highest BCUT2D eigenvalue weighted by Gasteiger charge is 2.18. The van der Waals surface area contributed by atoms with Crippen LogP contribution in [-0.2, 0) is 0 Å². The van der Waals surface area contributed by atoms with Gasteiger partial charge in [0.1, 0.15) is 11.2 Å². The average Bonchev–Trinajstić information content (AvgIpc) is 3.63. The summed E-state index contributed by atoms with van der Waals surface area (Å²) in [7, 11) is 0.